The molecule has 31 heavy (non-hydrogen) atoms. The van der Waals surface area contributed by atoms with Gasteiger partial charge in [0, 0.05) is 67.9 Å². The second-order valence-corrected chi connectivity index (χ2v) is 9.58. The molecule has 0 unspecified atom stereocenters. The Morgan fingerprint density at radius 3 is 2.65 bits per heavy atom. The van der Waals surface area contributed by atoms with Crippen molar-refractivity contribution in [2.45, 2.75) is 25.8 Å². The average molecular weight is 422 g/mol. The highest BCUT2D eigenvalue weighted by molar-refractivity contribution is 5.94. The lowest BCUT2D eigenvalue weighted by Gasteiger charge is -2.43. The molecular weight excluding hydrogens is 394 g/mol. The molecule has 2 aromatic heterocycles. The monoisotopic (exact) mass is 421 g/mol. The van der Waals surface area contributed by atoms with Crippen LogP contribution in [0.2, 0.25) is 0 Å². The van der Waals surface area contributed by atoms with E-state index >= 15 is 0 Å². The Balaban J connectivity index is 1.27. The molecule has 6 rings (SSSR count). The molecule has 0 radical (unpaired) electrons. The van der Waals surface area contributed by atoms with Gasteiger partial charge < -0.3 is 19.1 Å². The van der Waals surface area contributed by atoms with E-state index in [1.54, 1.807) is 12.4 Å². The number of carbonyl (C=O) groups is 1. The van der Waals surface area contributed by atoms with Gasteiger partial charge in [0.2, 0.25) is 0 Å². The first-order chi connectivity index (χ1) is 15.1. The van der Waals surface area contributed by atoms with Crippen molar-refractivity contribution in [3.05, 3.63) is 51.8 Å². The van der Waals surface area contributed by atoms with Gasteiger partial charge in [0.1, 0.15) is 17.7 Å². The highest BCUT2D eigenvalue weighted by Crippen LogP contribution is 2.37. The summed E-state index contributed by atoms with van der Waals surface area (Å²) < 4.78 is 7.39. The number of nitrogens with zero attached hydrogens (tertiary/aromatic N) is 5. The summed E-state index contributed by atoms with van der Waals surface area (Å²) in [6.07, 6.45) is 2.69. The van der Waals surface area contributed by atoms with Crippen molar-refractivity contribution in [2.24, 2.45) is 17.8 Å². The van der Waals surface area contributed by atoms with Gasteiger partial charge in [-0.15, -0.1) is 0 Å². The smallest absolute Gasteiger partial charge is 0.263 e. The maximum atomic E-state index is 13.3. The van der Waals surface area contributed by atoms with Crippen LogP contribution in [0.4, 0.5) is 5.82 Å². The van der Waals surface area contributed by atoms with Gasteiger partial charge in [-0.2, -0.15) is 0 Å². The number of fused-ring (bicyclic) bond motifs is 5. The van der Waals surface area contributed by atoms with Gasteiger partial charge in [-0.3, -0.25) is 9.59 Å². The SMILES string of the molecule is Cc1cc(N2C[C@@H]3C[C@H](C2)c2ccc(C(=O)N4C[C@H]5COC[C@H]5C4)c(=O)n2C3)ncn1. The Morgan fingerprint density at radius 2 is 1.87 bits per heavy atom. The molecule has 6 heterocycles. The summed E-state index contributed by atoms with van der Waals surface area (Å²) >= 11 is 0. The number of aromatic nitrogens is 3. The predicted octanol–water partition coefficient (Wildman–Crippen LogP) is 1.29. The zero-order chi connectivity index (χ0) is 21.1. The van der Waals surface area contributed by atoms with Crippen molar-refractivity contribution in [3.63, 3.8) is 0 Å². The van der Waals surface area contributed by atoms with E-state index in [1.165, 1.54) is 0 Å². The van der Waals surface area contributed by atoms with Crippen molar-refractivity contribution in [3.8, 4) is 0 Å². The van der Waals surface area contributed by atoms with E-state index in [4.69, 9.17) is 4.74 Å². The van der Waals surface area contributed by atoms with Crippen LogP contribution in [-0.2, 0) is 11.3 Å². The van der Waals surface area contributed by atoms with Crippen LogP contribution in [0, 0.1) is 24.7 Å². The van der Waals surface area contributed by atoms with E-state index in [0.29, 0.717) is 43.0 Å². The third-order valence-corrected chi connectivity index (χ3v) is 7.48. The standard InChI is InChI=1S/C23H27N5O3/c1-14-4-21(25-13-24-14)26-6-15-5-16(8-26)20-3-2-19(23(30)28(20)7-15)22(29)27-9-17-11-31-12-18(17)10-27/h2-4,13,15-18H,5-12H2,1H3/t15-,16+,17-,18+/m0/s1. The number of amides is 1. The van der Waals surface area contributed by atoms with E-state index in [0.717, 1.165) is 49.9 Å². The summed E-state index contributed by atoms with van der Waals surface area (Å²) in [5.74, 6) is 2.30. The predicted molar refractivity (Wildman–Crippen MR) is 114 cm³/mol. The Kier molecular flexibility index (Phi) is 4.38. The number of likely N-dealkylation sites (tertiary alicyclic amines) is 1. The van der Waals surface area contributed by atoms with E-state index in [1.807, 2.05) is 28.5 Å². The second kappa shape index (κ2) is 7.15. The topological polar surface area (TPSA) is 80.6 Å². The van der Waals surface area contributed by atoms with Crippen LogP contribution < -0.4 is 10.5 Å². The minimum absolute atomic E-state index is 0.122. The second-order valence-electron chi connectivity index (χ2n) is 9.58. The molecular formula is C23H27N5O3. The Labute approximate surface area is 180 Å². The summed E-state index contributed by atoms with van der Waals surface area (Å²) in [5.41, 5.74) is 2.18. The van der Waals surface area contributed by atoms with Crippen molar-refractivity contribution >= 4 is 11.7 Å². The number of hydrogen-bond donors (Lipinski definition) is 0. The number of ether oxygens (including phenoxy) is 1. The largest absolute Gasteiger partial charge is 0.381 e. The fraction of sp³-hybridized carbons (Fsp3) is 0.565. The van der Waals surface area contributed by atoms with Crippen LogP contribution >= 0.6 is 0 Å². The van der Waals surface area contributed by atoms with Gasteiger partial charge in [0.15, 0.2) is 0 Å². The summed E-state index contributed by atoms with van der Waals surface area (Å²) in [5, 5.41) is 0. The van der Waals surface area contributed by atoms with E-state index in [9.17, 15) is 9.59 Å². The van der Waals surface area contributed by atoms with Gasteiger partial charge >= 0.3 is 0 Å². The molecule has 162 valence electrons. The molecule has 0 spiro atoms. The zero-order valence-electron chi connectivity index (χ0n) is 17.7. The molecule has 3 fully saturated rings. The highest BCUT2D eigenvalue weighted by atomic mass is 16.5. The third kappa shape index (κ3) is 3.15. The highest BCUT2D eigenvalue weighted by Gasteiger charge is 2.41. The zero-order valence-corrected chi connectivity index (χ0v) is 17.7. The number of carbonyl (C=O) groups excluding carboxylic acids is 1. The molecule has 0 aliphatic carbocycles. The normalized spacial score (nSPS) is 29.1. The van der Waals surface area contributed by atoms with E-state index in [-0.39, 0.29) is 17.4 Å². The molecule has 0 saturated carbocycles. The molecule has 3 saturated heterocycles. The van der Waals surface area contributed by atoms with Gasteiger partial charge in [0.05, 0.1) is 13.2 Å². The first-order valence-electron chi connectivity index (χ1n) is 11.2. The Bertz CT molecular complexity index is 1090. The molecule has 8 heteroatoms. The van der Waals surface area contributed by atoms with Gasteiger partial charge in [0.25, 0.3) is 11.5 Å². The van der Waals surface area contributed by atoms with Crippen LogP contribution in [0.25, 0.3) is 0 Å². The molecule has 0 N–H and O–H groups in total. The summed E-state index contributed by atoms with van der Waals surface area (Å²) in [7, 11) is 0. The maximum Gasteiger partial charge on any atom is 0.263 e. The fourth-order valence-corrected chi connectivity index (χ4v) is 5.93. The van der Waals surface area contributed by atoms with E-state index in [2.05, 4.69) is 14.9 Å². The van der Waals surface area contributed by atoms with Crippen LogP contribution in [0.15, 0.2) is 29.3 Å². The van der Waals surface area contributed by atoms with Crippen LogP contribution in [-0.4, -0.2) is 64.7 Å². The maximum absolute atomic E-state index is 13.3. The van der Waals surface area contributed by atoms with Crippen LogP contribution in [0.1, 0.15) is 34.1 Å². The van der Waals surface area contributed by atoms with Gasteiger partial charge in [-0.25, -0.2) is 9.97 Å². The molecule has 0 aromatic carbocycles. The van der Waals surface area contributed by atoms with Crippen molar-refractivity contribution in [1.82, 2.24) is 19.4 Å². The summed E-state index contributed by atoms with van der Waals surface area (Å²) in [6.45, 7) is 7.18. The first-order valence-corrected chi connectivity index (χ1v) is 11.2. The average Bonchev–Trinajstić information content (AvgIpc) is 3.36. The van der Waals surface area contributed by atoms with Gasteiger partial charge in [-0.05, 0) is 31.4 Å². The number of piperidine rings is 1. The van der Waals surface area contributed by atoms with E-state index < -0.39 is 0 Å². The lowest BCUT2D eigenvalue weighted by Crippen LogP contribution is -2.48. The molecule has 1 amide bonds. The molecule has 4 aliphatic heterocycles. The Hall–Kier alpha value is -2.74. The van der Waals surface area contributed by atoms with Crippen LogP contribution in [0.5, 0.6) is 0 Å². The molecule has 8 nitrogen and oxygen atoms in total. The number of aryl methyl sites for hydroxylation is 1. The summed E-state index contributed by atoms with van der Waals surface area (Å²) in [4.78, 5) is 39.3. The van der Waals surface area contributed by atoms with Crippen LogP contribution in [0.3, 0.4) is 0 Å². The quantitative estimate of drug-likeness (QED) is 0.727. The lowest BCUT2D eigenvalue weighted by molar-refractivity contribution is 0.0748. The number of anilines is 1. The fourth-order valence-electron chi connectivity index (χ4n) is 5.93. The number of pyridine rings is 1. The molecule has 4 aliphatic rings. The van der Waals surface area contributed by atoms with Crippen molar-refractivity contribution in [2.75, 3.05) is 44.3 Å². The third-order valence-electron chi connectivity index (χ3n) is 7.48. The van der Waals surface area contributed by atoms with Crippen molar-refractivity contribution < 1.29 is 9.53 Å². The minimum atomic E-state index is -0.128. The molecule has 2 bridgehead atoms. The number of hydrogen-bond acceptors (Lipinski definition) is 6. The minimum Gasteiger partial charge on any atom is -0.381 e. The first kappa shape index (κ1) is 19.0. The lowest BCUT2D eigenvalue weighted by atomic mass is 9.83. The molecule has 2 aromatic rings. The Morgan fingerprint density at radius 1 is 1.06 bits per heavy atom. The summed E-state index contributed by atoms with van der Waals surface area (Å²) in [6, 6.07) is 5.78. The van der Waals surface area contributed by atoms with Gasteiger partial charge in [-0.1, -0.05) is 0 Å². The number of rotatable bonds is 2. The molecule has 4 atom stereocenters. The van der Waals surface area contributed by atoms with Crippen molar-refractivity contribution in [1.29, 1.82) is 0 Å².